The number of rotatable bonds is 5. The Morgan fingerprint density at radius 3 is 2.52 bits per heavy atom. The summed E-state index contributed by atoms with van der Waals surface area (Å²) in [6.07, 6.45) is 0.990. The molecule has 2 heterocycles. The van der Waals surface area contributed by atoms with Crippen LogP contribution in [-0.4, -0.2) is 61.1 Å². The summed E-state index contributed by atoms with van der Waals surface area (Å²) in [6.45, 7) is 5.33. The molecule has 2 aliphatic rings. The maximum absolute atomic E-state index is 12.2. The Kier molecular flexibility index (Phi) is 6.07. The fourth-order valence-corrected chi connectivity index (χ4v) is 3.76. The van der Waals surface area contributed by atoms with Gasteiger partial charge in [0.25, 0.3) is 0 Å². The molecule has 0 unspecified atom stereocenters. The van der Waals surface area contributed by atoms with Gasteiger partial charge in [-0.3, -0.25) is 19.9 Å². The van der Waals surface area contributed by atoms with Crippen molar-refractivity contribution in [2.45, 2.75) is 13.0 Å². The molecule has 0 radical (unpaired) electrons. The number of benzene rings is 2. The molecular formula is C22H26N4O3. The summed E-state index contributed by atoms with van der Waals surface area (Å²) in [5, 5.41) is 5.05. The minimum atomic E-state index is -0.500. The minimum absolute atomic E-state index is 0.228. The van der Waals surface area contributed by atoms with Crippen LogP contribution in [-0.2, 0) is 17.8 Å². The zero-order valence-electron chi connectivity index (χ0n) is 16.4. The Bertz CT molecular complexity index is 864. The Morgan fingerprint density at radius 2 is 1.72 bits per heavy atom. The van der Waals surface area contributed by atoms with Gasteiger partial charge in [0.05, 0.1) is 13.2 Å². The van der Waals surface area contributed by atoms with Crippen LogP contribution in [0.15, 0.2) is 48.5 Å². The smallest absolute Gasteiger partial charge is 0.325 e. The van der Waals surface area contributed by atoms with Crippen molar-refractivity contribution >= 4 is 17.6 Å². The average Bonchev–Trinajstić information content (AvgIpc) is 3.18. The van der Waals surface area contributed by atoms with Gasteiger partial charge in [-0.1, -0.05) is 30.3 Å². The number of nitrogens with zero attached hydrogens (tertiary/aromatic N) is 2. The van der Waals surface area contributed by atoms with Crippen LogP contribution in [0.2, 0.25) is 0 Å². The van der Waals surface area contributed by atoms with E-state index in [9.17, 15) is 9.59 Å². The number of anilines is 1. The molecule has 0 spiro atoms. The summed E-state index contributed by atoms with van der Waals surface area (Å²) < 4.78 is 5.57. The number of fused-ring (bicyclic) bond motifs is 1. The molecule has 0 aromatic heterocycles. The highest BCUT2D eigenvalue weighted by Gasteiger charge is 2.20. The van der Waals surface area contributed by atoms with Crippen molar-refractivity contribution in [2.24, 2.45) is 0 Å². The summed E-state index contributed by atoms with van der Waals surface area (Å²) in [6, 6.07) is 15.0. The number of ether oxygens (including phenoxy) is 1. The van der Waals surface area contributed by atoms with E-state index in [4.69, 9.17) is 4.74 Å². The van der Waals surface area contributed by atoms with E-state index in [1.54, 1.807) is 12.1 Å². The molecule has 2 N–H and O–H groups in total. The maximum Gasteiger partial charge on any atom is 0.325 e. The summed E-state index contributed by atoms with van der Waals surface area (Å²) >= 11 is 0. The largest absolute Gasteiger partial charge is 0.493 e. The van der Waals surface area contributed by atoms with Crippen molar-refractivity contribution in [3.05, 3.63) is 59.7 Å². The Labute approximate surface area is 170 Å². The Morgan fingerprint density at radius 1 is 0.966 bits per heavy atom. The van der Waals surface area contributed by atoms with Crippen molar-refractivity contribution in [1.29, 1.82) is 0 Å². The van der Waals surface area contributed by atoms with Gasteiger partial charge in [-0.05, 0) is 29.3 Å². The van der Waals surface area contributed by atoms with Crippen LogP contribution in [0.3, 0.4) is 0 Å². The fourth-order valence-electron chi connectivity index (χ4n) is 3.76. The lowest BCUT2D eigenvalue weighted by molar-refractivity contribution is -0.121. The first-order valence-electron chi connectivity index (χ1n) is 10.0. The molecule has 7 nitrogen and oxygen atoms in total. The molecule has 0 atom stereocenters. The number of hydrogen-bond donors (Lipinski definition) is 2. The molecule has 29 heavy (non-hydrogen) atoms. The molecule has 7 heteroatoms. The topological polar surface area (TPSA) is 73.9 Å². The van der Waals surface area contributed by atoms with E-state index in [1.165, 1.54) is 11.1 Å². The number of urea groups is 1. The highest BCUT2D eigenvalue weighted by molar-refractivity contribution is 6.01. The van der Waals surface area contributed by atoms with Crippen LogP contribution in [0, 0.1) is 0 Å². The highest BCUT2D eigenvalue weighted by Crippen LogP contribution is 2.26. The predicted molar refractivity (Wildman–Crippen MR) is 111 cm³/mol. The zero-order valence-corrected chi connectivity index (χ0v) is 16.4. The van der Waals surface area contributed by atoms with Crippen molar-refractivity contribution in [2.75, 3.05) is 44.6 Å². The van der Waals surface area contributed by atoms with Crippen LogP contribution in [0.25, 0.3) is 0 Å². The van der Waals surface area contributed by atoms with Crippen molar-refractivity contribution in [3.8, 4) is 5.75 Å². The third-order valence-electron chi connectivity index (χ3n) is 5.28. The molecular weight excluding hydrogens is 368 g/mol. The van der Waals surface area contributed by atoms with Crippen molar-refractivity contribution in [1.82, 2.24) is 15.1 Å². The molecule has 1 saturated heterocycles. The normalized spacial score (nSPS) is 16.7. The minimum Gasteiger partial charge on any atom is -0.493 e. The second-order valence-corrected chi connectivity index (χ2v) is 7.46. The monoisotopic (exact) mass is 394 g/mol. The third kappa shape index (κ3) is 5.34. The molecule has 2 aromatic rings. The van der Waals surface area contributed by atoms with E-state index >= 15 is 0 Å². The van der Waals surface area contributed by atoms with E-state index in [1.807, 2.05) is 18.2 Å². The van der Waals surface area contributed by atoms with Gasteiger partial charge in [-0.2, -0.15) is 0 Å². The lowest BCUT2D eigenvalue weighted by Crippen LogP contribution is -2.50. The molecule has 2 aliphatic heterocycles. The van der Waals surface area contributed by atoms with Gasteiger partial charge < -0.3 is 10.1 Å². The summed E-state index contributed by atoms with van der Waals surface area (Å²) in [4.78, 5) is 28.6. The second kappa shape index (κ2) is 9.07. The number of imide groups is 1. The summed E-state index contributed by atoms with van der Waals surface area (Å²) in [5.74, 6) is 0.728. The number of nitrogens with one attached hydrogen (secondary N) is 2. The number of amides is 3. The molecule has 0 aliphatic carbocycles. The first kappa shape index (κ1) is 19.4. The van der Waals surface area contributed by atoms with Crippen molar-refractivity contribution < 1.29 is 14.3 Å². The standard InChI is InChI=1S/C22H26N4O3/c27-21(24-22(28)23-19-4-2-1-3-5-19)16-26-11-9-25(10-12-26)15-17-6-7-20-18(14-17)8-13-29-20/h1-7,14H,8-13,15-16H2,(H2,23,24,27,28). The second-order valence-electron chi connectivity index (χ2n) is 7.46. The van der Waals surface area contributed by atoms with E-state index in [-0.39, 0.29) is 12.5 Å². The average molecular weight is 394 g/mol. The molecule has 4 rings (SSSR count). The van der Waals surface area contributed by atoms with Crippen LogP contribution < -0.4 is 15.4 Å². The van der Waals surface area contributed by atoms with Gasteiger partial charge >= 0.3 is 6.03 Å². The highest BCUT2D eigenvalue weighted by atomic mass is 16.5. The molecule has 1 fully saturated rings. The van der Waals surface area contributed by atoms with E-state index < -0.39 is 6.03 Å². The van der Waals surface area contributed by atoms with E-state index in [0.717, 1.165) is 51.5 Å². The van der Waals surface area contributed by atoms with Gasteiger partial charge in [-0.15, -0.1) is 0 Å². The van der Waals surface area contributed by atoms with Crippen molar-refractivity contribution in [3.63, 3.8) is 0 Å². The SMILES string of the molecule is O=C(CN1CCN(Cc2ccc3c(c2)CCO3)CC1)NC(=O)Nc1ccccc1. The van der Waals surface area contributed by atoms with Crippen LogP contribution in [0.1, 0.15) is 11.1 Å². The van der Waals surface area contributed by atoms with Crippen LogP contribution in [0.4, 0.5) is 10.5 Å². The van der Waals surface area contributed by atoms with Gasteiger partial charge in [0.15, 0.2) is 0 Å². The fraction of sp³-hybridized carbons (Fsp3) is 0.364. The number of carbonyl (C=O) groups is 2. The van der Waals surface area contributed by atoms with Gasteiger partial charge in [0, 0.05) is 44.8 Å². The number of piperazine rings is 1. The van der Waals surface area contributed by atoms with Gasteiger partial charge in [-0.25, -0.2) is 4.79 Å². The van der Waals surface area contributed by atoms with E-state index in [2.05, 4.69) is 38.6 Å². The molecule has 2 aromatic carbocycles. The quantitative estimate of drug-likeness (QED) is 0.812. The molecule has 0 saturated carbocycles. The number of para-hydroxylation sites is 1. The number of carbonyl (C=O) groups excluding carboxylic acids is 2. The summed E-state index contributed by atoms with van der Waals surface area (Å²) in [7, 11) is 0. The third-order valence-corrected chi connectivity index (χ3v) is 5.28. The number of hydrogen-bond acceptors (Lipinski definition) is 5. The van der Waals surface area contributed by atoms with Gasteiger partial charge in [0.1, 0.15) is 5.75 Å². The Hall–Kier alpha value is -2.90. The lowest BCUT2D eigenvalue weighted by Gasteiger charge is -2.34. The van der Waals surface area contributed by atoms with Crippen LogP contribution in [0.5, 0.6) is 5.75 Å². The molecule has 3 amide bonds. The molecule has 152 valence electrons. The molecule has 0 bridgehead atoms. The summed E-state index contributed by atoms with van der Waals surface area (Å²) in [5.41, 5.74) is 3.26. The van der Waals surface area contributed by atoms with Gasteiger partial charge in [0.2, 0.25) is 5.91 Å². The maximum atomic E-state index is 12.2. The first-order valence-corrected chi connectivity index (χ1v) is 10.0. The first-order chi connectivity index (χ1) is 14.2. The Balaban J connectivity index is 1.18. The predicted octanol–water partition coefficient (Wildman–Crippen LogP) is 2.09. The zero-order chi connectivity index (χ0) is 20.1. The van der Waals surface area contributed by atoms with Crippen LogP contribution >= 0.6 is 0 Å². The lowest BCUT2D eigenvalue weighted by atomic mass is 10.1. The van der Waals surface area contributed by atoms with E-state index in [0.29, 0.717) is 5.69 Å².